The van der Waals surface area contributed by atoms with Gasteiger partial charge in [0.2, 0.25) is 0 Å². The number of para-hydroxylation sites is 1. The van der Waals surface area contributed by atoms with Crippen LogP contribution >= 0.6 is 0 Å². The highest BCUT2D eigenvalue weighted by molar-refractivity contribution is 5.81. The van der Waals surface area contributed by atoms with Gasteiger partial charge in [0.05, 0.1) is 11.1 Å². The first-order valence-corrected chi connectivity index (χ1v) is 8.03. The number of rotatable bonds is 2. The SMILES string of the molecule is OC1(Cc2ccnc3ccccc23)CCN2CCCC2C1. The minimum absolute atomic E-state index is 0.546. The summed E-state index contributed by atoms with van der Waals surface area (Å²) >= 11 is 0. The lowest BCUT2D eigenvalue weighted by atomic mass is 9.81. The zero-order chi connectivity index (χ0) is 14.3. The Hall–Kier alpha value is -1.45. The molecule has 21 heavy (non-hydrogen) atoms. The zero-order valence-electron chi connectivity index (χ0n) is 12.3. The van der Waals surface area contributed by atoms with Crippen molar-refractivity contribution in [1.29, 1.82) is 0 Å². The highest BCUT2D eigenvalue weighted by Crippen LogP contribution is 2.36. The molecule has 4 rings (SSSR count). The molecule has 2 aliphatic rings. The number of aromatic nitrogens is 1. The highest BCUT2D eigenvalue weighted by Gasteiger charge is 2.40. The Morgan fingerprint density at radius 1 is 1.24 bits per heavy atom. The molecule has 2 saturated heterocycles. The third-order valence-corrected chi connectivity index (χ3v) is 5.24. The summed E-state index contributed by atoms with van der Waals surface area (Å²) in [4.78, 5) is 6.98. The summed E-state index contributed by atoms with van der Waals surface area (Å²) in [6.07, 6.45) is 6.97. The molecule has 3 heterocycles. The number of nitrogens with zero attached hydrogens (tertiary/aromatic N) is 2. The predicted octanol–water partition coefficient (Wildman–Crippen LogP) is 2.77. The molecule has 3 heteroatoms. The normalized spacial score (nSPS) is 29.7. The molecule has 2 aliphatic heterocycles. The van der Waals surface area contributed by atoms with Crippen LogP contribution in [-0.2, 0) is 6.42 Å². The van der Waals surface area contributed by atoms with Gasteiger partial charge in [-0.1, -0.05) is 18.2 Å². The maximum Gasteiger partial charge on any atom is 0.0715 e. The minimum Gasteiger partial charge on any atom is -0.389 e. The second kappa shape index (κ2) is 5.08. The number of hydrogen-bond donors (Lipinski definition) is 1. The van der Waals surface area contributed by atoms with E-state index in [4.69, 9.17) is 0 Å². The number of piperidine rings is 1. The number of fused-ring (bicyclic) bond motifs is 2. The van der Waals surface area contributed by atoms with E-state index in [0.29, 0.717) is 6.04 Å². The van der Waals surface area contributed by atoms with Crippen molar-refractivity contribution < 1.29 is 5.11 Å². The number of pyridine rings is 1. The van der Waals surface area contributed by atoms with E-state index >= 15 is 0 Å². The summed E-state index contributed by atoms with van der Waals surface area (Å²) in [7, 11) is 0. The first-order valence-electron chi connectivity index (χ1n) is 8.03. The van der Waals surface area contributed by atoms with E-state index in [1.807, 2.05) is 18.3 Å². The van der Waals surface area contributed by atoms with Crippen molar-refractivity contribution in [3.8, 4) is 0 Å². The quantitative estimate of drug-likeness (QED) is 0.920. The number of aliphatic hydroxyl groups is 1. The maximum absolute atomic E-state index is 11.1. The van der Waals surface area contributed by atoms with Crippen LogP contribution in [0.2, 0.25) is 0 Å². The second-order valence-electron chi connectivity index (χ2n) is 6.67. The summed E-state index contributed by atoms with van der Waals surface area (Å²) in [6, 6.07) is 10.9. The Morgan fingerprint density at radius 3 is 3.10 bits per heavy atom. The molecule has 1 N–H and O–H groups in total. The van der Waals surface area contributed by atoms with Crippen LogP contribution in [0.4, 0.5) is 0 Å². The molecule has 110 valence electrons. The summed E-state index contributed by atoms with van der Waals surface area (Å²) < 4.78 is 0. The molecular formula is C18H22N2O. The topological polar surface area (TPSA) is 36.4 Å². The van der Waals surface area contributed by atoms with E-state index in [1.54, 1.807) is 0 Å². The van der Waals surface area contributed by atoms with Crippen LogP contribution in [0.3, 0.4) is 0 Å². The summed E-state index contributed by atoms with van der Waals surface area (Å²) in [5.41, 5.74) is 1.71. The Morgan fingerprint density at radius 2 is 2.14 bits per heavy atom. The average Bonchev–Trinajstić information content (AvgIpc) is 2.94. The molecule has 3 nitrogen and oxygen atoms in total. The lowest BCUT2D eigenvalue weighted by Gasteiger charge is -2.41. The van der Waals surface area contributed by atoms with Gasteiger partial charge in [-0.05, 0) is 49.9 Å². The second-order valence-corrected chi connectivity index (χ2v) is 6.67. The summed E-state index contributed by atoms with van der Waals surface area (Å²) in [6.45, 7) is 2.27. The molecule has 2 unspecified atom stereocenters. The van der Waals surface area contributed by atoms with Gasteiger partial charge in [0, 0.05) is 30.6 Å². The fraction of sp³-hybridized carbons (Fsp3) is 0.500. The van der Waals surface area contributed by atoms with Crippen molar-refractivity contribution >= 4 is 10.9 Å². The van der Waals surface area contributed by atoms with Crippen LogP contribution in [0.15, 0.2) is 36.5 Å². The van der Waals surface area contributed by atoms with Gasteiger partial charge in [0.25, 0.3) is 0 Å². The third kappa shape index (κ3) is 2.45. The number of benzene rings is 1. The van der Waals surface area contributed by atoms with Crippen LogP contribution in [0.1, 0.15) is 31.2 Å². The Bertz CT molecular complexity index is 651. The van der Waals surface area contributed by atoms with Crippen LogP contribution in [0.5, 0.6) is 0 Å². The van der Waals surface area contributed by atoms with E-state index in [9.17, 15) is 5.11 Å². The highest BCUT2D eigenvalue weighted by atomic mass is 16.3. The van der Waals surface area contributed by atoms with Crippen molar-refractivity contribution in [1.82, 2.24) is 9.88 Å². The van der Waals surface area contributed by atoms with E-state index in [1.165, 1.54) is 30.3 Å². The Balaban J connectivity index is 1.62. The van der Waals surface area contributed by atoms with Gasteiger partial charge in [-0.25, -0.2) is 0 Å². The van der Waals surface area contributed by atoms with E-state index in [2.05, 4.69) is 28.1 Å². The standard InChI is InChI=1S/C18H22N2O/c21-18(8-11-20-10-3-4-15(20)13-18)12-14-7-9-19-17-6-2-1-5-16(14)17/h1-2,5-7,9,15,21H,3-4,8,10-13H2. The van der Waals surface area contributed by atoms with Crippen molar-refractivity contribution in [3.63, 3.8) is 0 Å². The fourth-order valence-corrected chi connectivity index (χ4v) is 4.14. The first kappa shape index (κ1) is 13.2. The van der Waals surface area contributed by atoms with Crippen LogP contribution in [0, 0.1) is 0 Å². The van der Waals surface area contributed by atoms with E-state index in [-0.39, 0.29) is 0 Å². The van der Waals surface area contributed by atoms with Gasteiger partial charge >= 0.3 is 0 Å². The number of hydrogen-bond acceptors (Lipinski definition) is 3. The van der Waals surface area contributed by atoms with Crippen LogP contribution in [-0.4, -0.2) is 39.7 Å². The van der Waals surface area contributed by atoms with Crippen molar-refractivity contribution in [2.75, 3.05) is 13.1 Å². The Labute approximate surface area is 125 Å². The van der Waals surface area contributed by atoms with Gasteiger partial charge in [-0.15, -0.1) is 0 Å². The molecule has 2 atom stereocenters. The molecule has 2 fully saturated rings. The summed E-state index contributed by atoms with van der Waals surface area (Å²) in [5, 5.41) is 12.3. The fourth-order valence-electron chi connectivity index (χ4n) is 4.14. The van der Waals surface area contributed by atoms with Gasteiger partial charge in [0.15, 0.2) is 0 Å². The molecule has 0 bridgehead atoms. The lowest BCUT2D eigenvalue weighted by Crippen LogP contribution is -2.48. The molecule has 0 spiro atoms. The molecule has 1 aromatic carbocycles. The van der Waals surface area contributed by atoms with E-state index in [0.717, 1.165) is 31.3 Å². The monoisotopic (exact) mass is 282 g/mol. The van der Waals surface area contributed by atoms with E-state index < -0.39 is 5.60 Å². The zero-order valence-corrected chi connectivity index (χ0v) is 12.3. The van der Waals surface area contributed by atoms with Gasteiger partial charge in [-0.2, -0.15) is 0 Å². The smallest absolute Gasteiger partial charge is 0.0715 e. The molecule has 0 aliphatic carbocycles. The van der Waals surface area contributed by atoms with Crippen LogP contribution in [0.25, 0.3) is 10.9 Å². The van der Waals surface area contributed by atoms with Crippen molar-refractivity contribution in [3.05, 3.63) is 42.1 Å². The van der Waals surface area contributed by atoms with Crippen molar-refractivity contribution in [2.45, 2.75) is 43.7 Å². The maximum atomic E-state index is 11.1. The summed E-state index contributed by atoms with van der Waals surface area (Å²) in [5.74, 6) is 0. The molecule has 0 radical (unpaired) electrons. The molecular weight excluding hydrogens is 260 g/mol. The van der Waals surface area contributed by atoms with Gasteiger partial charge in [0.1, 0.15) is 0 Å². The first-order chi connectivity index (χ1) is 10.2. The minimum atomic E-state index is -0.546. The Kier molecular flexibility index (Phi) is 3.20. The molecule has 1 aromatic heterocycles. The average molecular weight is 282 g/mol. The molecule has 2 aromatic rings. The molecule has 0 saturated carbocycles. The molecule has 0 amide bonds. The third-order valence-electron chi connectivity index (χ3n) is 5.24. The van der Waals surface area contributed by atoms with Crippen molar-refractivity contribution in [2.24, 2.45) is 0 Å². The van der Waals surface area contributed by atoms with Gasteiger partial charge in [-0.3, -0.25) is 4.98 Å². The van der Waals surface area contributed by atoms with Crippen LogP contribution < -0.4 is 0 Å². The van der Waals surface area contributed by atoms with Gasteiger partial charge < -0.3 is 10.0 Å². The lowest BCUT2D eigenvalue weighted by molar-refractivity contribution is -0.0351. The largest absolute Gasteiger partial charge is 0.389 e. The predicted molar refractivity (Wildman–Crippen MR) is 84.2 cm³/mol.